The fraction of sp³-hybridized carbons (Fsp3) is 0.333. The third-order valence-electron chi connectivity index (χ3n) is 5.82. The number of aromatic nitrogens is 4. The minimum Gasteiger partial charge on any atom is -0.485 e. The highest BCUT2D eigenvalue weighted by atomic mass is 16.5. The van der Waals surface area contributed by atoms with Gasteiger partial charge >= 0.3 is 0 Å². The standard InChI is InChI=1S/C24H25N5O3/c1-16-25-22(28-32-16)15-31-19-13-11-17(12-14-19)23(30)27-24-26-20-9-5-6-10-21(20)29(24)18-7-3-2-4-8-18/h5-6,9-14,18H,2-4,7-8,15H2,1H3,(H,26,27,30). The second-order valence-corrected chi connectivity index (χ2v) is 8.08. The van der Waals surface area contributed by atoms with E-state index in [1.165, 1.54) is 19.3 Å². The zero-order valence-corrected chi connectivity index (χ0v) is 18.0. The molecule has 8 nitrogen and oxygen atoms in total. The summed E-state index contributed by atoms with van der Waals surface area (Å²) in [5.74, 6) is 2.01. The Morgan fingerprint density at radius 1 is 1.09 bits per heavy atom. The lowest BCUT2D eigenvalue weighted by Crippen LogP contribution is -2.20. The van der Waals surface area contributed by atoms with Crippen LogP contribution in [0.4, 0.5) is 5.95 Å². The number of ether oxygens (including phenoxy) is 1. The topological polar surface area (TPSA) is 95.1 Å². The third kappa shape index (κ3) is 4.21. The Hall–Kier alpha value is -3.68. The Kier molecular flexibility index (Phi) is 5.58. The van der Waals surface area contributed by atoms with Gasteiger partial charge in [0.15, 0.2) is 6.61 Å². The predicted octanol–water partition coefficient (Wildman–Crippen LogP) is 5.06. The van der Waals surface area contributed by atoms with Crippen LogP contribution < -0.4 is 10.1 Å². The molecular formula is C24H25N5O3. The van der Waals surface area contributed by atoms with Crippen molar-refractivity contribution in [3.63, 3.8) is 0 Å². The molecule has 32 heavy (non-hydrogen) atoms. The summed E-state index contributed by atoms with van der Waals surface area (Å²) >= 11 is 0. The van der Waals surface area contributed by atoms with Crippen LogP contribution in [0.1, 0.15) is 60.2 Å². The fourth-order valence-electron chi connectivity index (χ4n) is 4.27. The number of carbonyl (C=O) groups is 1. The average molecular weight is 431 g/mol. The van der Waals surface area contributed by atoms with E-state index in [9.17, 15) is 4.79 Å². The van der Waals surface area contributed by atoms with Crippen LogP contribution in [0.5, 0.6) is 5.75 Å². The lowest BCUT2D eigenvalue weighted by Gasteiger charge is -2.25. The van der Waals surface area contributed by atoms with Crippen LogP contribution in [-0.2, 0) is 6.61 Å². The molecule has 1 saturated carbocycles. The van der Waals surface area contributed by atoms with Gasteiger partial charge in [0.05, 0.1) is 11.0 Å². The van der Waals surface area contributed by atoms with E-state index in [1.807, 2.05) is 18.2 Å². The molecule has 1 aliphatic rings. The van der Waals surface area contributed by atoms with Gasteiger partial charge in [-0.05, 0) is 49.2 Å². The summed E-state index contributed by atoms with van der Waals surface area (Å²) in [6, 6.07) is 15.4. The number of aryl methyl sites for hydroxylation is 1. The maximum atomic E-state index is 13.0. The van der Waals surface area contributed by atoms with Crippen molar-refractivity contribution in [2.24, 2.45) is 0 Å². The SMILES string of the molecule is Cc1nc(COc2ccc(C(=O)Nc3nc4ccccc4n3C3CCCCC3)cc2)no1. The van der Waals surface area contributed by atoms with Crippen molar-refractivity contribution in [1.29, 1.82) is 0 Å². The van der Waals surface area contributed by atoms with Crippen LogP contribution in [0, 0.1) is 6.92 Å². The first-order valence-corrected chi connectivity index (χ1v) is 11.0. The zero-order chi connectivity index (χ0) is 21.9. The summed E-state index contributed by atoms with van der Waals surface area (Å²) in [4.78, 5) is 21.8. The minimum atomic E-state index is -0.197. The van der Waals surface area contributed by atoms with Crippen LogP contribution in [-0.4, -0.2) is 25.6 Å². The summed E-state index contributed by atoms with van der Waals surface area (Å²) in [6.45, 7) is 1.93. The monoisotopic (exact) mass is 431 g/mol. The van der Waals surface area contributed by atoms with Gasteiger partial charge in [-0.2, -0.15) is 4.98 Å². The number of carbonyl (C=O) groups excluding carboxylic acids is 1. The lowest BCUT2D eigenvalue weighted by molar-refractivity contribution is 0.102. The highest BCUT2D eigenvalue weighted by molar-refractivity contribution is 6.04. The number of hydrogen-bond acceptors (Lipinski definition) is 6. The van der Waals surface area contributed by atoms with Crippen molar-refractivity contribution in [3.8, 4) is 5.75 Å². The number of benzene rings is 2. The summed E-state index contributed by atoms with van der Waals surface area (Å²) in [5, 5.41) is 6.84. The van der Waals surface area contributed by atoms with Gasteiger partial charge in [0.25, 0.3) is 5.91 Å². The number of fused-ring (bicyclic) bond motifs is 1. The van der Waals surface area contributed by atoms with Gasteiger partial charge in [-0.3, -0.25) is 10.1 Å². The van der Waals surface area contributed by atoms with Crippen LogP contribution >= 0.6 is 0 Å². The summed E-state index contributed by atoms with van der Waals surface area (Å²) < 4.78 is 12.8. The van der Waals surface area contributed by atoms with E-state index < -0.39 is 0 Å². The van der Waals surface area contributed by atoms with Gasteiger partial charge < -0.3 is 13.8 Å². The molecule has 0 aliphatic heterocycles. The maximum absolute atomic E-state index is 13.0. The Labute approximate surface area is 185 Å². The molecule has 1 amide bonds. The summed E-state index contributed by atoms with van der Waals surface area (Å²) in [7, 11) is 0. The predicted molar refractivity (Wildman–Crippen MR) is 120 cm³/mol. The van der Waals surface area contributed by atoms with E-state index in [4.69, 9.17) is 14.2 Å². The second kappa shape index (κ2) is 8.82. The first kappa shape index (κ1) is 20.2. The Morgan fingerprint density at radius 3 is 2.62 bits per heavy atom. The molecule has 0 radical (unpaired) electrons. The number of nitrogens with one attached hydrogen (secondary N) is 1. The van der Waals surface area contributed by atoms with Gasteiger partial charge in [0, 0.05) is 18.5 Å². The van der Waals surface area contributed by atoms with Crippen molar-refractivity contribution < 1.29 is 14.1 Å². The van der Waals surface area contributed by atoms with Crippen molar-refractivity contribution in [2.45, 2.75) is 51.7 Å². The van der Waals surface area contributed by atoms with E-state index in [-0.39, 0.29) is 12.5 Å². The number of hydrogen-bond donors (Lipinski definition) is 1. The molecule has 4 aromatic rings. The zero-order valence-electron chi connectivity index (χ0n) is 18.0. The average Bonchev–Trinajstić information content (AvgIpc) is 3.41. The van der Waals surface area contributed by atoms with Crippen LogP contribution in [0.3, 0.4) is 0 Å². The largest absolute Gasteiger partial charge is 0.485 e. The van der Waals surface area contributed by atoms with Crippen molar-refractivity contribution in [2.75, 3.05) is 5.32 Å². The Bertz CT molecular complexity index is 1220. The van der Waals surface area contributed by atoms with Gasteiger partial charge in [0.1, 0.15) is 5.75 Å². The summed E-state index contributed by atoms with van der Waals surface area (Å²) in [6.07, 6.45) is 5.89. The molecule has 0 saturated heterocycles. The molecule has 1 fully saturated rings. The first-order chi connectivity index (χ1) is 15.7. The molecule has 1 aliphatic carbocycles. The molecule has 5 rings (SSSR count). The number of imidazole rings is 1. The highest BCUT2D eigenvalue weighted by Gasteiger charge is 2.22. The van der Waals surface area contributed by atoms with Crippen LogP contribution in [0.25, 0.3) is 11.0 Å². The molecule has 164 valence electrons. The van der Waals surface area contributed by atoms with Crippen LogP contribution in [0.15, 0.2) is 53.1 Å². The smallest absolute Gasteiger partial charge is 0.257 e. The molecule has 0 atom stereocenters. The molecule has 0 spiro atoms. The minimum absolute atomic E-state index is 0.197. The van der Waals surface area contributed by atoms with E-state index in [0.717, 1.165) is 23.9 Å². The maximum Gasteiger partial charge on any atom is 0.257 e. The molecule has 0 unspecified atom stereocenters. The van der Waals surface area contributed by atoms with Gasteiger partial charge in [-0.25, -0.2) is 4.98 Å². The van der Waals surface area contributed by atoms with Gasteiger partial charge in [0.2, 0.25) is 17.7 Å². The molecule has 0 bridgehead atoms. The molecule has 2 aromatic carbocycles. The number of anilines is 1. The molecule has 2 aromatic heterocycles. The third-order valence-corrected chi connectivity index (χ3v) is 5.82. The quantitative estimate of drug-likeness (QED) is 0.458. The van der Waals surface area contributed by atoms with Crippen LogP contribution in [0.2, 0.25) is 0 Å². The number of rotatable bonds is 6. The normalized spacial score (nSPS) is 14.5. The van der Waals surface area contributed by atoms with E-state index in [2.05, 4.69) is 26.1 Å². The van der Waals surface area contributed by atoms with Gasteiger partial charge in [-0.1, -0.05) is 36.6 Å². The van der Waals surface area contributed by atoms with E-state index >= 15 is 0 Å². The lowest BCUT2D eigenvalue weighted by atomic mass is 9.95. The highest BCUT2D eigenvalue weighted by Crippen LogP contribution is 2.34. The first-order valence-electron chi connectivity index (χ1n) is 11.0. The molecular weight excluding hydrogens is 406 g/mol. The Morgan fingerprint density at radius 2 is 1.88 bits per heavy atom. The van der Waals surface area contributed by atoms with E-state index in [0.29, 0.717) is 35.0 Å². The fourth-order valence-corrected chi connectivity index (χ4v) is 4.27. The van der Waals surface area contributed by atoms with E-state index in [1.54, 1.807) is 31.2 Å². The molecule has 8 heteroatoms. The van der Waals surface area contributed by atoms with Crippen molar-refractivity contribution in [1.82, 2.24) is 19.7 Å². The second-order valence-electron chi connectivity index (χ2n) is 8.08. The van der Waals surface area contributed by atoms with Gasteiger partial charge in [-0.15, -0.1) is 0 Å². The van der Waals surface area contributed by atoms with Crippen molar-refractivity contribution >= 4 is 22.9 Å². The summed E-state index contributed by atoms with van der Waals surface area (Å²) in [5.41, 5.74) is 2.50. The number of nitrogens with zero attached hydrogens (tertiary/aromatic N) is 4. The Balaban J connectivity index is 1.32. The van der Waals surface area contributed by atoms with Crippen molar-refractivity contribution in [3.05, 3.63) is 65.8 Å². The number of amides is 1. The molecule has 2 heterocycles. The number of para-hydroxylation sites is 2. The molecule has 1 N–H and O–H groups in total.